The van der Waals surface area contributed by atoms with Crippen LogP contribution in [0.1, 0.15) is 52.9 Å². The highest BCUT2D eigenvalue weighted by atomic mass is 16.6. The van der Waals surface area contributed by atoms with Crippen molar-refractivity contribution in [1.29, 1.82) is 0 Å². The van der Waals surface area contributed by atoms with Gasteiger partial charge in [0.25, 0.3) is 0 Å². The van der Waals surface area contributed by atoms with Crippen molar-refractivity contribution in [1.82, 2.24) is 4.90 Å². The molecule has 0 bridgehead atoms. The van der Waals surface area contributed by atoms with Crippen LogP contribution in [-0.4, -0.2) is 36.5 Å². The summed E-state index contributed by atoms with van der Waals surface area (Å²) in [6, 6.07) is 0. The van der Waals surface area contributed by atoms with E-state index in [0.29, 0.717) is 19.4 Å². The smallest absolute Gasteiger partial charge is 0.409 e. The predicted octanol–water partition coefficient (Wildman–Crippen LogP) is 3.00. The minimum atomic E-state index is -0.265. The van der Waals surface area contributed by atoms with E-state index in [4.69, 9.17) is 4.74 Å². The van der Waals surface area contributed by atoms with Crippen LogP contribution in [0.2, 0.25) is 0 Å². The number of carbonyl (C=O) groups excluding carboxylic acids is 2. The van der Waals surface area contributed by atoms with Crippen LogP contribution in [-0.2, 0) is 9.53 Å². The summed E-state index contributed by atoms with van der Waals surface area (Å²) < 4.78 is 5.33. The molecule has 0 spiro atoms. The molecular weight excluding hydrogens is 230 g/mol. The van der Waals surface area contributed by atoms with Crippen LogP contribution in [0.5, 0.6) is 0 Å². The Hall–Kier alpha value is -1.06. The van der Waals surface area contributed by atoms with Crippen LogP contribution in [0.25, 0.3) is 0 Å². The van der Waals surface area contributed by atoms with Crippen LogP contribution in [0.15, 0.2) is 0 Å². The Morgan fingerprint density at radius 1 is 1.17 bits per heavy atom. The molecule has 1 aliphatic heterocycles. The van der Waals surface area contributed by atoms with Crippen molar-refractivity contribution in [2.45, 2.75) is 52.9 Å². The highest BCUT2D eigenvalue weighted by molar-refractivity contribution is 5.78. The molecule has 1 fully saturated rings. The number of amides is 1. The normalized spacial score (nSPS) is 16.5. The fourth-order valence-corrected chi connectivity index (χ4v) is 2.13. The molecule has 18 heavy (non-hydrogen) atoms. The van der Waals surface area contributed by atoms with Gasteiger partial charge in [-0.2, -0.15) is 0 Å². The van der Waals surface area contributed by atoms with Gasteiger partial charge >= 0.3 is 6.09 Å². The van der Waals surface area contributed by atoms with Gasteiger partial charge in [-0.05, 0) is 19.3 Å². The zero-order valence-electron chi connectivity index (χ0n) is 11.8. The molecule has 0 unspecified atom stereocenters. The first kappa shape index (κ1) is 15.0. The Balaban J connectivity index is 2.33. The van der Waals surface area contributed by atoms with E-state index in [1.807, 2.05) is 20.8 Å². The number of likely N-dealkylation sites (tertiary alicyclic amines) is 1. The first-order chi connectivity index (χ1) is 8.44. The predicted molar refractivity (Wildman–Crippen MR) is 70.5 cm³/mol. The highest BCUT2D eigenvalue weighted by Crippen LogP contribution is 2.22. The molecule has 4 nitrogen and oxygen atoms in total. The molecule has 104 valence electrons. The van der Waals surface area contributed by atoms with Gasteiger partial charge in [-0.1, -0.05) is 20.8 Å². The Bertz CT molecular complexity index is 293. The molecule has 0 radical (unpaired) electrons. The van der Waals surface area contributed by atoms with Crippen LogP contribution in [0, 0.1) is 5.41 Å². The largest absolute Gasteiger partial charge is 0.449 e. The molecule has 1 rings (SSSR count). The molecule has 0 aromatic rings. The maximum Gasteiger partial charge on any atom is 0.409 e. The summed E-state index contributed by atoms with van der Waals surface area (Å²) in [4.78, 5) is 25.0. The molecule has 0 aliphatic carbocycles. The molecule has 0 aromatic heterocycles. The molecule has 0 saturated carbocycles. The van der Waals surface area contributed by atoms with Gasteiger partial charge in [0.1, 0.15) is 5.78 Å². The second kappa shape index (κ2) is 6.76. The number of ether oxygens (including phenoxy) is 1. The Kier molecular flexibility index (Phi) is 5.63. The van der Waals surface area contributed by atoms with Gasteiger partial charge in [-0.3, -0.25) is 4.79 Å². The summed E-state index contributed by atoms with van der Waals surface area (Å²) in [5.41, 5.74) is -0.265. The van der Waals surface area contributed by atoms with Crippen LogP contribution in [0.3, 0.4) is 0 Å². The first-order valence-electron chi connectivity index (χ1n) is 6.88. The quantitative estimate of drug-likeness (QED) is 0.758. The Morgan fingerprint density at radius 2 is 1.78 bits per heavy atom. The molecule has 4 heteroatoms. The summed E-state index contributed by atoms with van der Waals surface area (Å²) >= 11 is 0. The summed E-state index contributed by atoms with van der Waals surface area (Å²) in [5.74, 6) is 0.217. The summed E-state index contributed by atoms with van der Waals surface area (Å²) in [7, 11) is 0. The van der Waals surface area contributed by atoms with Gasteiger partial charge < -0.3 is 9.64 Å². The number of rotatable bonds is 5. The third-order valence-corrected chi connectivity index (χ3v) is 3.27. The van der Waals surface area contributed by atoms with E-state index in [1.165, 1.54) is 6.42 Å². The molecule has 0 N–H and O–H groups in total. The van der Waals surface area contributed by atoms with Crippen molar-refractivity contribution in [3.05, 3.63) is 0 Å². The van der Waals surface area contributed by atoms with Crippen molar-refractivity contribution in [2.24, 2.45) is 5.41 Å². The fraction of sp³-hybridized carbons (Fsp3) is 0.857. The number of hydrogen-bond acceptors (Lipinski definition) is 3. The van der Waals surface area contributed by atoms with Crippen molar-refractivity contribution >= 4 is 11.9 Å². The number of ketones is 1. The average Bonchev–Trinajstić information content (AvgIpc) is 2.36. The molecule has 1 heterocycles. The summed E-state index contributed by atoms with van der Waals surface area (Å²) in [6.07, 6.45) is 4.10. The lowest BCUT2D eigenvalue weighted by atomic mass is 9.88. The fourth-order valence-electron chi connectivity index (χ4n) is 2.13. The lowest BCUT2D eigenvalue weighted by Gasteiger charge is -2.29. The van der Waals surface area contributed by atoms with Gasteiger partial charge in [-0.15, -0.1) is 0 Å². The van der Waals surface area contributed by atoms with Crippen molar-refractivity contribution in [3.63, 3.8) is 0 Å². The maximum absolute atomic E-state index is 11.8. The third kappa shape index (κ3) is 5.07. The molecule has 0 atom stereocenters. The van der Waals surface area contributed by atoms with E-state index in [9.17, 15) is 9.59 Å². The highest BCUT2D eigenvalue weighted by Gasteiger charge is 2.25. The minimum absolute atomic E-state index is 0.217. The number of hydrogen-bond donors (Lipinski definition) is 0. The monoisotopic (exact) mass is 255 g/mol. The number of piperidine rings is 1. The van der Waals surface area contributed by atoms with Crippen molar-refractivity contribution in [3.8, 4) is 0 Å². The van der Waals surface area contributed by atoms with E-state index in [2.05, 4.69) is 0 Å². The average molecular weight is 255 g/mol. The zero-order chi connectivity index (χ0) is 13.6. The molecule has 1 saturated heterocycles. The number of nitrogens with zero attached hydrogens (tertiary/aromatic N) is 1. The van der Waals surface area contributed by atoms with Gasteiger partial charge in [0.05, 0.1) is 6.61 Å². The molecule has 0 aromatic carbocycles. The minimum Gasteiger partial charge on any atom is -0.449 e. The van der Waals surface area contributed by atoms with Crippen LogP contribution in [0.4, 0.5) is 4.79 Å². The Morgan fingerprint density at radius 3 is 2.33 bits per heavy atom. The van der Waals surface area contributed by atoms with E-state index >= 15 is 0 Å². The summed E-state index contributed by atoms with van der Waals surface area (Å²) in [5, 5.41) is 0. The van der Waals surface area contributed by atoms with Crippen LogP contribution >= 0.6 is 0 Å². The van der Waals surface area contributed by atoms with Crippen LogP contribution < -0.4 is 0 Å². The lowest BCUT2D eigenvalue weighted by molar-refractivity contribution is -0.121. The van der Waals surface area contributed by atoms with Gasteiger partial charge in [0.15, 0.2) is 0 Å². The standard InChI is InChI=1S/C14H25NO3/c1-4-12(16)10-14(2,3)11-18-13(17)15-8-6-5-7-9-15/h4-11H2,1-3H3. The van der Waals surface area contributed by atoms with Gasteiger partial charge in [-0.25, -0.2) is 4.79 Å². The zero-order valence-corrected chi connectivity index (χ0v) is 11.8. The molecule has 1 amide bonds. The van der Waals surface area contributed by atoms with Gasteiger partial charge in [0.2, 0.25) is 0 Å². The van der Waals surface area contributed by atoms with E-state index in [0.717, 1.165) is 25.9 Å². The Labute approximate surface area is 110 Å². The van der Waals surface area contributed by atoms with Gasteiger partial charge in [0, 0.05) is 31.3 Å². The summed E-state index contributed by atoms with van der Waals surface area (Å²) in [6.45, 7) is 7.70. The first-order valence-corrected chi connectivity index (χ1v) is 6.88. The van der Waals surface area contributed by atoms with E-state index < -0.39 is 0 Å². The van der Waals surface area contributed by atoms with E-state index in [-0.39, 0.29) is 17.3 Å². The second-order valence-corrected chi connectivity index (χ2v) is 5.84. The topological polar surface area (TPSA) is 46.6 Å². The maximum atomic E-state index is 11.8. The lowest BCUT2D eigenvalue weighted by Crippen LogP contribution is -2.38. The van der Waals surface area contributed by atoms with E-state index in [1.54, 1.807) is 4.90 Å². The third-order valence-electron chi connectivity index (χ3n) is 3.27. The molecular formula is C14H25NO3. The van der Waals surface area contributed by atoms with Crippen molar-refractivity contribution in [2.75, 3.05) is 19.7 Å². The number of carbonyl (C=O) groups is 2. The van der Waals surface area contributed by atoms with Crippen molar-refractivity contribution < 1.29 is 14.3 Å². The molecule has 1 aliphatic rings. The second-order valence-electron chi connectivity index (χ2n) is 5.84. The SMILES string of the molecule is CCC(=O)CC(C)(C)COC(=O)N1CCCCC1. The number of Topliss-reactive ketones (excluding diaryl/α,β-unsaturated/α-hetero) is 1.